The van der Waals surface area contributed by atoms with Crippen LogP contribution in [-0.2, 0) is 4.79 Å². The zero-order valence-electron chi connectivity index (χ0n) is 10.2. The molecule has 0 aliphatic heterocycles. The number of carboxylic acids is 1. The number of anilines is 1. The number of aliphatic carboxylic acids is 1. The summed E-state index contributed by atoms with van der Waals surface area (Å²) in [7, 11) is 2.83. The SMILES string of the molecule is COc1cc(F)c(N(C)CCCC(=O)O)cc1F. The highest BCUT2D eigenvalue weighted by atomic mass is 19.1. The van der Waals surface area contributed by atoms with Gasteiger partial charge < -0.3 is 14.7 Å². The molecule has 1 aromatic rings. The fraction of sp³-hybridized carbons (Fsp3) is 0.417. The van der Waals surface area contributed by atoms with Crippen molar-refractivity contribution in [3.63, 3.8) is 0 Å². The van der Waals surface area contributed by atoms with Gasteiger partial charge in [-0.2, -0.15) is 0 Å². The van der Waals surface area contributed by atoms with Gasteiger partial charge in [-0.3, -0.25) is 4.79 Å². The summed E-state index contributed by atoms with van der Waals surface area (Å²) in [5, 5.41) is 8.49. The van der Waals surface area contributed by atoms with Crippen molar-refractivity contribution in [1.82, 2.24) is 0 Å². The summed E-state index contributed by atoms with van der Waals surface area (Å²) in [6.07, 6.45) is 0.351. The van der Waals surface area contributed by atoms with Gasteiger partial charge in [-0.25, -0.2) is 8.78 Å². The molecule has 0 aliphatic rings. The second kappa shape index (κ2) is 6.18. The lowest BCUT2D eigenvalue weighted by Gasteiger charge is -2.20. The number of halogens is 2. The number of rotatable bonds is 6. The summed E-state index contributed by atoms with van der Waals surface area (Å²) in [5.74, 6) is -2.33. The first kappa shape index (κ1) is 14.2. The van der Waals surface area contributed by atoms with Crippen LogP contribution in [0, 0.1) is 11.6 Å². The zero-order chi connectivity index (χ0) is 13.7. The Bertz CT molecular complexity index is 438. The fourth-order valence-electron chi connectivity index (χ4n) is 1.55. The van der Waals surface area contributed by atoms with Crippen LogP contribution in [0.25, 0.3) is 0 Å². The number of benzene rings is 1. The van der Waals surface area contributed by atoms with E-state index in [0.29, 0.717) is 13.0 Å². The third-order valence-corrected chi connectivity index (χ3v) is 2.52. The molecule has 0 unspecified atom stereocenters. The maximum atomic E-state index is 13.6. The van der Waals surface area contributed by atoms with E-state index in [4.69, 9.17) is 5.11 Å². The van der Waals surface area contributed by atoms with Crippen molar-refractivity contribution in [2.24, 2.45) is 0 Å². The summed E-state index contributed by atoms with van der Waals surface area (Å²) < 4.78 is 31.7. The van der Waals surface area contributed by atoms with Gasteiger partial charge in [-0.1, -0.05) is 0 Å². The van der Waals surface area contributed by atoms with Crippen molar-refractivity contribution in [2.45, 2.75) is 12.8 Å². The minimum atomic E-state index is -0.912. The molecule has 4 nitrogen and oxygen atoms in total. The van der Waals surface area contributed by atoms with Crippen molar-refractivity contribution < 1.29 is 23.4 Å². The highest BCUT2D eigenvalue weighted by molar-refractivity contribution is 5.66. The molecule has 18 heavy (non-hydrogen) atoms. The number of carbonyl (C=O) groups is 1. The van der Waals surface area contributed by atoms with Crippen LogP contribution in [0.2, 0.25) is 0 Å². The fourth-order valence-corrected chi connectivity index (χ4v) is 1.55. The smallest absolute Gasteiger partial charge is 0.303 e. The molecule has 0 atom stereocenters. The van der Waals surface area contributed by atoms with Crippen molar-refractivity contribution in [1.29, 1.82) is 0 Å². The van der Waals surface area contributed by atoms with Gasteiger partial charge in [0.15, 0.2) is 11.6 Å². The molecule has 0 aliphatic carbocycles. The van der Waals surface area contributed by atoms with E-state index in [1.54, 1.807) is 7.05 Å². The Morgan fingerprint density at radius 1 is 1.39 bits per heavy atom. The molecule has 6 heteroatoms. The molecule has 0 bridgehead atoms. The molecule has 0 saturated carbocycles. The maximum absolute atomic E-state index is 13.6. The van der Waals surface area contributed by atoms with E-state index < -0.39 is 17.6 Å². The van der Waals surface area contributed by atoms with Crippen molar-refractivity contribution >= 4 is 11.7 Å². The van der Waals surface area contributed by atoms with Crippen molar-refractivity contribution in [3.8, 4) is 5.75 Å². The second-order valence-electron chi connectivity index (χ2n) is 3.86. The summed E-state index contributed by atoms with van der Waals surface area (Å²) >= 11 is 0. The third-order valence-electron chi connectivity index (χ3n) is 2.52. The summed E-state index contributed by atoms with van der Waals surface area (Å²) in [4.78, 5) is 11.8. The molecule has 1 rings (SSSR count). The molecule has 0 spiro atoms. The first-order valence-corrected chi connectivity index (χ1v) is 5.41. The zero-order valence-corrected chi connectivity index (χ0v) is 10.2. The molecule has 1 aromatic carbocycles. The Kier molecular flexibility index (Phi) is 4.88. The van der Waals surface area contributed by atoms with Gasteiger partial charge in [-0.05, 0) is 6.42 Å². The minimum Gasteiger partial charge on any atom is -0.494 e. The van der Waals surface area contributed by atoms with Crippen LogP contribution in [0.15, 0.2) is 12.1 Å². The molecule has 0 aromatic heterocycles. The Labute approximate surface area is 104 Å². The molecular weight excluding hydrogens is 244 g/mol. The first-order chi connectivity index (χ1) is 8.45. The van der Waals surface area contributed by atoms with E-state index in [2.05, 4.69) is 4.74 Å². The summed E-state index contributed by atoms with van der Waals surface area (Å²) in [6.45, 7) is 0.328. The van der Waals surface area contributed by atoms with E-state index in [1.807, 2.05) is 0 Å². The highest BCUT2D eigenvalue weighted by Crippen LogP contribution is 2.26. The molecule has 0 saturated heterocycles. The van der Waals surface area contributed by atoms with Gasteiger partial charge in [-0.15, -0.1) is 0 Å². The Balaban J connectivity index is 2.76. The number of hydrogen-bond donors (Lipinski definition) is 1. The van der Waals surface area contributed by atoms with Crippen LogP contribution in [0.1, 0.15) is 12.8 Å². The Morgan fingerprint density at radius 2 is 2.06 bits per heavy atom. The lowest BCUT2D eigenvalue weighted by atomic mass is 10.2. The average molecular weight is 259 g/mol. The lowest BCUT2D eigenvalue weighted by Crippen LogP contribution is -2.20. The van der Waals surface area contributed by atoms with Crippen molar-refractivity contribution in [3.05, 3.63) is 23.8 Å². The molecular formula is C12H15F2NO3. The lowest BCUT2D eigenvalue weighted by molar-refractivity contribution is -0.137. The number of carboxylic acid groups (broad SMARTS) is 1. The normalized spacial score (nSPS) is 10.2. The molecule has 0 heterocycles. The quantitative estimate of drug-likeness (QED) is 0.851. The van der Waals surface area contributed by atoms with E-state index in [-0.39, 0.29) is 17.9 Å². The van der Waals surface area contributed by atoms with Gasteiger partial charge in [0.05, 0.1) is 12.8 Å². The molecule has 0 amide bonds. The number of methoxy groups -OCH3 is 1. The Morgan fingerprint density at radius 3 is 2.61 bits per heavy atom. The third kappa shape index (κ3) is 3.58. The molecule has 100 valence electrons. The first-order valence-electron chi connectivity index (χ1n) is 5.41. The van der Waals surface area contributed by atoms with E-state index in [9.17, 15) is 13.6 Å². The van der Waals surface area contributed by atoms with Crippen LogP contribution in [-0.4, -0.2) is 31.8 Å². The second-order valence-corrected chi connectivity index (χ2v) is 3.86. The van der Waals surface area contributed by atoms with Gasteiger partial charge in [0.2, 0.25) is 0 Å². The number of ether oxygens (including phenoxy) is 1. The predicted molar refractivity (Wildman–Crippen MR) is 63.0 cm³/mol. The summed E-state index contributed by atoms with van der Waals surface area (Å²) in [5.41, 5.74) is 0.0821. The van der Waals surface area contributed by atoms with E-state index in [0.717, 1.165) is 12.1 Å². The molecule has 0 fully saturated rings. The van der Waals surface area contributed by atoms with Crippen molar-refractivity contribution in [2.75, 3.05) is 25.6 Å². The van der Waals surface area contributed by atoms with Gasteiger partial charge >= 0.3 is 5.97 Å². The maximum Gasteiger partial charge on any atom is 0.303 e. The number of nitrogens with zero attached hydrogens (tertiary/aromatic N) is 1. The molecule has 0 radical (unpaired) electrons. The number of hydrogen-bond acceptors (Lipinski definition) is 3. The average Bonchev–Trinajstić information content (AvgIpc) is 2.30. The van der Waals surface area contributed by atoms with Crippen LogP contribution in [0.3, 0.4) is 0 Å². The molecule has 1 N–H and O–H groups in total. The van der Waals surface area contributed by atoms with Crippen LogP contribution >= 0.6 is 0 Å². The summed E-state index contributed by atoms with van der Waals surface area (Å²) in [6, 6.07) is 2.01. The minimum absolute atomic E-state index is 0.00933. The van der Waals surface area contributed by atoms with Crippen LogP contribution < -0.4 is 9.64 Å². The topological polar surface area (TPSA) is 49.8 Å². The van der Waals surface area contributed by atoms with Gasteiger partial charge in [0.25, 0.3) is 0 Å². The monoisotopic (exact) mass is 259 g/mol. The van der Waals surface area contributed by atoms with E-state index in [1.165, 1.54) is 12.0 Å². The Hall–Kier alpha value is -1.85. The van der Waals surface area contributed by atoms with Crippen LogP contribution in [0.4, 0.5) is 14.5 Å². The highest BCUT2D eigenvalue weighted by Gasteiger charge is 2.13. The predicted octanol–water partition coefficient (Wildman–Crippen LogP) is 2.27. The standard InChI is InChI=1S/C12H15F2NO3/c1-15(5-3-4-12(16)17)10-6-9(14)11(18-2)7-8(10)13/h6-7H,3-5H2,1-2H3,(H,16,17). The van der Waals surface area contributed by atoms with Gasteiger partial charge in [0.1, 0.15) is 5.82 Å². The van der Waals surface area contributed by atoms with E-state index >= 15 is 0 Å². The van der Waals surface area contributed by atoms with Crippen LogP contribution in [0.5, 0.6) is 5.75 Å². The van der Waals surface area contributed by atoms with Gasteiger partial charge in [0, 0.05) is 32.1 Å². The largest absolute Gasteiger partial charge is 0.494 e.